The Morgan fingerprint density at radius 2 is 2.18 bits per heavy atom. The van der Waals surface area contributed by atoms with Crippen LogP contribution in [0.2, 0.25) is 0 Å². The third-order valence-electron chi connectivity index (χ3n) is 1.07. The Kier molecular flexibility index (Phi) is 4.69. The van der Waals surface area contributed by atoms with Crippen molar-refractivity contribution in [2.45, 2.75) is 18.6 Å². The van der Waals surface area contributed by atoms with Crippen LogP contribution in [0.15, 0.2) is 0 Å². The molecule has 11 heavy (non-hydrogen) atoms. The lowest BCUT2D eigenvalue weighted by Crippen LogP contribution is -2.20. The molecular weight excluding hydrogens is 166 g/mol. The highest BCUT2D eigenvalue weighted by Crippen LogP contribution is 2.13. The molecule has 0 aromatic rings. The van der Waals surface area contributed by atoms with Crippen LogP contribution in [0.4, 0.5) is 0 Å². The largest absolute Gasteiger partial charge is 0.480 e. The molecule has 3 N–H and O–H groups in total. The first-order valence-electron chi connectivity index (χ1n) is 3.20. The number of amides is 1. The van der Waals surface area contributed by atoms with E-state index in [9.17, 15) is 9.59 Å². The van der Waals surface area contributed by atoms with Gasteiger partial charge in [-0.3, -0.25) is 9.59 Å². The maximum atomic E-state index is 10.4. The third kappa shape index (κ3) is 4.66. The minimum Gasteiger partial charge on any atom is -0.480 e. The summed E-state index contributed by atoms with van der Waals surface area (Å²) in [5, 5.41) is 8.00. The Morgan fingerprint density at radius 1 is 1.64 bits per heavy atom. The highest BCUT2D eigenvalue weighted by Gasteiger charge is 2.15. The number of carboxylic acids is 1. The molecule has 0 radical (unpaired) electrons. The maximum Gasteiger partial charge on any atom is 0.316 e. The van der Waals surface area contributed by atoms with E-state index in [1.807, 2.05) is 0 Å². The number of carbonyl (C=O) groups excluding carboxylic acids is 1. The number of primary amides is 1. The van der Waals surface area contributed by atoms with Gasteiger partial charge in [0.15, 0.2) is 0 Å². The average Bonchev–Trinajstić information content (AvgIpc) is 1.87. The number of carbonyl (C=O) groups is 2. The maximum absolute atomic E-state index is 10.4. The predicted molar refractivity (Wildman–Crippen MR) is 43.4 cm³/mol. The molecule has 5 heteroatoms. The normalized spacial score (nSPS) is 12.5. The Bertz CT molecular complexity index is 160. The summed E-state index contributed by atoms with van der Waals surface area (Å²) in [5.41, 5.74) is 4.84. The number of hydrogen-bond acceptors (Lipinski definition) is 3. The van der Waals surface area contributed by atoms with Gasteiger partial charge >= 0.3 is 5.97 Å². The molecule has 1 unspecified atom stereocenters. The summed E-state index contributed by atoms with van der Waals surface area (Å²) < 4.78 is 0. The standard InChI is InChI=1S/C6H11NO3S/c1-2-4(6(9)10)11-3-5(7)8/h4H,2-3H2,1H3,(H2,7,8)(H,9,10). The number of carboxylic acid groups (broad SMARTS) is 1. The van der Waals surface area contributed by atoms with E-state index >= 15 is 0 Å². The summed E-state index contributed by atoms with van der Waals surface area (Å²) in [4.78, 5) is 20.6. The minimum atomic E-state index is -0.890. The second-order valence-electron chi connectivity index (χ2n) is 2.01. The van der Waals surface area contributed by atoms with Crippen LogP contribution in [-0.4, -0.2) is 28.0 Å². The van der Waals surface area contributed by atoms with Crippen molar-refractivity contribution in [3.63, 3.8) is 0 Å². The van der Waals surface area contributed by atoms with E-state index in [-0.39, 0.29) is 5.75 Å². The van der Waals surface area contributed by atoms with Crippen molar-refractivity contribution >= 4 is 23.6 Å². The van der Waals surface area contributed by atoms with Crippen LogP contribution in [0, 0.1) is 0 Å². The van der Waals surface area contributed by atoms with Gasteiger partial charge in [-0.25, -0.2) is 0 Å². The van der Waals surface area contributed by atoms with E-state index < -0.39 is 17.1 Å². The fourth-order valence-corrected chi connectivity index (χ4v) is 1.29. The van der Waals surface area contributed by atoms with Gasteiger partial charge in [0.25, 0.3) is 0 Å². The van der Waals surface area contributed by atoms with Gasteiger partial charge in [0, 0.05) is 0 Å². The van der Waals surface area contributed by atoms with Crippen LogP contribution in [0.1, 0.15) is 13.3 Å². The lowest BCUT2D eigenvalue weighted by molar-refractivity contribution is -0.136. The summed E-state index contributed by atoms with van der Waals surface area (Å²) in [6.07, 6.45) is 0.507. The predicted octanol–water partition coefficient (Wildman–Crippen LogP) is 0.0681. The van der Waals surface area contributed by atoms with E-state index in [2.05, 4.69) is 0 Å². The van der Waals surface area contributed by atoms with E-state index in [4.69, 9.17) is 10.8 Å². The van der Waals surface area contributed by atoms with Crippen molar-refractivity contribution in [3.05, 3.63) is 0 Å². The van der Waals surface area contributed by atoms with E-state index in [1.165, 1.54) is 0 Å². The lowest BCUT2D eigenvalue weighted by Gasteiger charge is -2.06. The molecule has 0 aliphatic carbocycles. The van der Waals surface area contributed by atoms with Crippen molar-refractivity contribution in [1.29, 1.82) is 0 Å². The molecule has 0 aliphatic rings. The molecule has 64 valence electrons. The lowest BCUT2D eigenvalue weighted by atomic mass is 10.3. The molecule has 0 aromatic heterocycles. The van der Waals surface area contributed by atoms with Crippen LogP contribution < -0.4 is 5.73 Å². The number of hydrogen-bond donors (Lipinski definition) is 2. The summed E-state index contributed by atoms with van der Waals surface area (Å²) in [6.45, 7) is 1.76. The summed E-state index contributed by atoms with van der Waals surface area (Å²) in [6, 6.07) is 0. The van der Waals surface area contributed by atoms with Crippen molar-refractivity contribution in [2.75, 3.05) is 5.75 Å². The molecule has 0 saturated carbocycles. The first kappa shape index (κ1) is 10.3. The molecule has 0 aliphatic heterocycles. The number of nitrogens with two attached hydrogens (primary N) is 1. The quantitative estimate of drug-likeness (QED) is 0.622. The van der Waals surface area contributed by atoms with Crippen LogP contribution >= 0.6 is 11.8 Å². The molecule has 0 aromatic carbocycles. The van der Waals surface area contributed by atoms with Gasteiger partial charge in [0.1, 0.15) is 5.25 Å². The molecule has 1 atom stereocenters. The van der Waals surface area contributed by atoms with E-state index in [0.717, 1.165) is 11.8 Å². The van der Waals surface area contributed by atoms with E-state index in [1.54, 1.807) is 6.92 Å². The first-order chi connectivity index (χ1) is 5.07. The smallest absolute Gasteiger partial charge is 0.316 e. The minimum absolute atomic E-state index is 0.0742. The van der Waals surface area contributed by atoms with Crippen molar-refractivity contribution < 1.29 is 14.7 Å². The highest BCUT2D eigenvalue weighted by atomic mass is 32.2. The summed E-state index contributed by atoms with van der Waals surface area (Å²) in [5.74, 6) is -1.29. The SMILES string of the molecule is CCC(SCC(N)=O)C(=O)O. The topological polar surface area (TPSA) is 80.4 Å². The molecule has 4 nitrogen and oxygen atoms in total. The Hall–Kier alpha value is -0.710. The number of thioether (sulfide) groups is 1. The Labute approximate surface area is 69.1 Å². The highest BCUT2D eigenvalue weighted by molar-refractivity contribution is 8.01. The second kappa shape index (κ2) is 5.01. The number of aliphatic carboxylic acids is 1. The zero-order valence-corrected chi connectivity index (χ0v) is 7.06. The fraction of sp³-hybridized carbons (Fsp3) is 0.667. The molecular formula is C6H11NO3S. The van der Waals surface area contributed by atoms with Crippen LogP contribution in [0.3, 0.4) is 0 Å². The van der Waals surface area contributed by atoms with Crippen molar-refractivity contribution in [2.24, 2.45) is 5.73 Å². The third-order valence-corrected chi connectivity index (χ3v) is 2.46. The van der Waals surface area contributed by atoms with Gasteiger partial charge < -0.3 is 10.8 Å². The molecule has 0 heterocycles. The van der Waals surface area contributed by atoms with Crippen molar-refractivity contribution in [3.8, 4) is 0 Å². The van der Waals surface area contributed by atoms with E-state index in [0.29, 0.717) is 6.42 Å². The zero-order chi connectivity index (χ0) is 8.85. The number of rotatable bonds is 5. The van der Waals surface area contributed by atoms with Crippen LogP contribution in [-0.2, 0) is 9.59 Å². The van der Waals surface area contributed by atoms with Gasteiger partial charge in [-0.1, -0.05) is 6.92 Å². The van der Waals surface area contributed by atoms with Crippen LogP contribution in [0.25, 0.3) is 0 Å². The first-order valence-corrected chi connectivity index (χ1v) is 4.25. The average molecular weight is 177 g/mol. The van der Waals surface area contributed by atoms with Gasteiger partial charge in [0.05, 0.1) is 5.75 Å². The van der Waals surface area contributed by atoms with Crippen molar-refractivity contribution in [1.82, 2.24) is 0 Å². The second-order valence-corrected chi connectivity index (χ2v) is 3.20. The Morgan fingerprint density at radius 3 is 2.45 bits per heavy atom. The van der Waals surface area contributed by atoms with Gasteiger partial charge in [-0.2, -0.15) is 0 Å². The van der Waals surface area contributed by atoms with Gasteiger partial charge in [-0.15, -0.1) is 11.8 Å². The Balaban J connectivity index is 3.70. The van der Waals surface area contributed by atoms with Crippen LogP contribution in [0.5, 0.6) is 0 Å². The molecule has 0 fully saturated rings. The summed E-state index contributed by atoms with van der Waals surface area (Å²) in [7, 11) is 0. The molecule has 0 bridgehead atoms. The monoisotopic (exact) mass is 177 g/mol. The van der Waals surface area contributed by atoms with Gasteiger partial charge in [0.2, 0.25) is 5.91 Å². The summed E-state index contributed by atoms with van der Waals surface area (Å²) >= 11 is 1.06. The molecule has 0 saturated heterocycles. The fourth-order valence-electron chi connectivity index (χ4n) is 0.546. The zero-order valence-electron chi connectivity index (χ0n) is 6.24. The molecule has 0 spiro atoms. The molecule has 0 rings (SSSR count). The van der Waals surface area contributed by atoms with Gasteiger partial charge in [-0.05, 0) is 6.42 Å². The molecule has 1 amide bonds.